The van der Waals surface area contributed by atoms with E-state index in [1.807, 2.05) is 25.1 Å². The monoisotopic (exact) mass is 261 g/mol. The average Bonchev–Trinajstić information content (AvgIpc) is 2.41. The quantitative estimate of drug-likeness (QED) is 0.711. The topological polar surface area (TPSA) is 80.4 Å². The summed E-state index contributed by atoms with van der Waals surface area (Å²) in [6.45, 7) is 2.38. The second-order valence-corrected chi connectivity index (χ2v) is 4.55. The van der Waals surface area contributed by atoms with Crippen LogP contribution in [0.25, 0.3) is 10.8 Å². The molecule has 1 heterocycles. The van der Waals surface area contributed by atoms with Crippen molar-refractivity contribution in [2.75, 3.05) is 31.4 Å². The maximum absolute atomic E-state index is 9.32. The second-order valence-electron chi connectivity index (χ2n) is 4.55. The predicted octanol–water partition coefficient (Wildman–Crippen LogP) is 1.54. The van der Waals surface area contributed by atoms with E-state index >= 15 is 0 Å². The molecule has 5 heteroatoms. The van der Waals surface area contributed by atoms with Gasteiger partial charge in [0.1, 0.15) is 0 Å². The van der Waals surface area contributed by atoms with Crippen molar-refractivity contribution in [1.82, 2.24) is 4.98 Å². The van der Waals surface area contributed by atoms with Crippen molar-refractivity contribution >= 4 is 22.1 Å². The first-order chi connectivity index (χ1) is 9.15. The van der Waals surface area contributed by atoms with Crippen LogP contribution in [0.5, 0.6) is 0 Å². The summed E-state index contributed by atoms with van der Waals surface area (Å²) in [4.78, 5) is 4.26. The lowest BCUT2D eigenvalue weighted by Crippen LogP contribution is -2.28. The number of nitrogens with two attached hydrogens (primary N) is 1. The maximum Gasteiger partial charge on any atom is 0.0726 e. The molecule has 1 aromatic carbocycles. The molecule has 1 unspecified atom stereocenters. The largest absolute Gasteiger partial charge is 0.398 e. The number of benzene rings is 1. The van der Waals surface area contributed by atoms with E-state index in [1.54, 1.807) is 13.3 Å². The van der Waals surface area contributed by atoms with Crippen molar-refractivity contribution in [1.29, 1.82) is 0 Å². The molecule has 0 aliphatic rings. The minimum Gasteiger partial charge on any atom is -0.398 e. The van der Waals surface area contributed by atoms with E-state index in [9.17, 15) is 5.11 Å². The number of methoxy groups -OCH3 is 1. The van der Waals surface area contributed by atoms with Gasteiger partial charge in [-0.1, -0.05) is 0 Å². The number of hydrogen-bond acceptors (Lipinski definition) is 5. The molecular formula is C14H19N3O2. The first-order valence-corrected chi connectivity index (χ1v) is 6.17. The summed E-state index contributed by atoms with van der Waals surface area (Å²) in [5.74, 6) is 0. The zero-order chi connectivity index (χ0) is 13.8. The number of aliphatic hydroxyl groups excluding tert-OH is 1. The number of rotatable bonds is 5. The summed E-state index contributed by atoms with van der Waals surface area (Å²) >= 11 is 0. The van der Waals surface area contributed by atoms with E-state index in [1.165, 1.54) is 0 Å². The van der Waals surface area contributed by atoms with Crippen LogP contribution in [0.1, 0.15) is 5.69 Å². The summed E-state index contributed by atoms with van der Waals surface area (Å²) in [6.07, 6.45) is 1.77. The molecule has 1 atom stereocenters. The smallest absolute Gasteiger partial charge is 0.0726 e. The Balaban J connectivity index is 2.42. The lowest BCUT2D eigenvalue weighted by molar-refractivity contribution is 0.153. The van der Waals surface area contributed by atoms with Gasteiger partial charge >= 0.3 is 0 Å². The molecule has 0 bridgehead atoms. The highest BCUT2D eigenvalue weighted by Gasteiger charge is 2.10. The third-order valence-electron chi connectivity index (χ3n) is 3.02. The summed E-state index contributed by atoms with van der Waals surface area (Å²) in [7, 11) is 1.61. The first-order valence-electron chi connectivity index (χ1n) is 6.17. The maximum atomic E-state index is 9.32. The van der Waals surface area contributed by atoms with Crippen LogP contribution in [0, 0.1) is 6.92 Å². The third kappa shape index (κ3) is 2.94. The Morgan fingerprint density at radius 1 is 1.42 bits per heavy atom. The second kappa shape index (κ2) is 5.86. The van der Waals surface area contributed by atoms with Crippen LogP contribution in [-0.4, -0.2) is 36.5 Å². The van der Waals surface area contributed by atoms with Gasteiger partial charge in [0.05, 0.1) is 19.3 Å². The van der Waals surface area contributed by atoms with Crippen LogP contribution in [-0.2, 0) is 4.74 Å². The SMILES string of the molecule is COCC(CO)Nc1ccc(N)c2cnc(C)cc12. The Hall–Kier alpha value is -1.85. The number of ether oxygens (including phenoxy) is 1. The molecule has 19 heavy (non-hydrogen) atoms. The molecule has 0 saturated carbocycles. The number of nitrogens with one attached hydrogen (secondary N) is 1. The van der Waals surface area contributed by atoms with Gasteiger partial charge in [0.25, 0.3) is 0 Å². The van der Waals surface area contributed by atoms with E-state index in [0.29, 0.717) is 12.3 Å². The summed E-state index contributed by atoms with van der Waals surface area (Å²) in [5.41, 5.74) is 8.50. The van der Waals surface area contributed by atoms with Gasteiger partial charge in [-0.05, 0) is 25.1 Å². The van der Waals surface area contributed by atoms with Crippen LogP contribution in [0.4, 0.5) is 11.4 Å². The number of aromatic nitrogens is 1. The van der Waals surface area contributed by atoms with E-state index in [-0.39, 0.29) is 12.6 Å². The Labute approximate surface area is 112 Å². The van der Waals surface area contributed by atoms with E-state index in [0.717, 1.165) is 22.2 Å². The van der Waals surface area contributed by atoms with Gasteiger partial charge in [-0.2, -0.15) is 0 Å². The van der Waals surface area contributed by atoms with Crippen molar-refractivity contribution < 1.29 is 9.84 Å². The Bertz CT molecular complexity index is 572. The molecule has 0 fully saturated rings. The molecule has 0 aliphatic carbocycles. The van der Waals surface area contributed by atoms with Gasteiger partial charge in [-0.3, -0.25) is 4.98 Å². The molecule has 0 radical (unpaired) electrons. The zero-order valence-electron chi connectivity index (χ0n) is 11.2. The summed E-state index contributed by atoms with van der Waals surface area (Å²) in [5, 5.41) is 14.5. The molecule has 102 valence electrons. The lowest BCUT2D eigenvalue weighted by Gasteiger charge is -2.18. The van der Waals surface area contributed by atoms with Crippen LogP contribution >= 0.6 is 0 Å². The Morgan fingerprint density at radius 2 is 2.21 bits per heavy atom. The number of nitrogen functional groups attached to an aromatic ring is 1. The van der Waals surface area contributed by atoms with Crippen LogP contribution < -0.4 is 11.1 Å². The van der Waals surface area contributed by atoms with Crippen molar-refractivity contribution in [3.8, 4) is 0 Å². The molecule has 5 nitrogen and oxygen atoms in total. The molecule has 2 rings (SSSR count). The highest BCUT2D eigenvalue weighted by Crippen LogP contribution is 2.28. The fourth-order valence-corrected chi connectivity index (χ4v) is 2.05. The summed E-state index contributed by atoms with van der Waals surface area (Å²) in [6, 6.07) is 5.58. The minimum absolute atomic E-state index is 0.00375. The van der Waals surface area contributed by atoms with Gasteiger partial charge in [-0.15, -0.1) is 0 Å². The highest BCUT2D eigenvalue weighted by molar-refractivity contribution is 6.00. The molecule has 2 aromatic rings. The van der Waals surface area contributed by atoms with Crippen LogP contribution in [0.2, 0.25) is 0 Å². The van der Waals surface area contributed by atoms with Crippen LogP contribution in [0.15, 0.2) is 24.4 Å². The van der Waals surface area contributed by atoms with E-state index < -0.39 is 0 Å². The fourth-order valence-electron chi connectivity index (χ4n) is 2.05. The van der Waals surface area contributed by atoms with Crippen molar-refractivity contribution in [2.45, 2.75) is 13.0 Å². The first kappa shape index (κ1) is 13.6. The zero-order valence-corrected chi connectivity index (χ0v) is 11.2. The third-order valence-corrected chi connectivity index (χ3v) is 3.02. The standard InChI is InChI=1S/C14H19N3O2/c1-9-5-11-12(6-16-9)13(15)3-4-14(11)17-10(7-18)8-19-2/h3-6,10,17-18H,7-8,15H2,1-2H3. The number of aliphatic hydroxyl groups is 1. The van der Waals surface area contributed by atoms with Crippen LogP contribution in [0.3, 0.4) is 0 Å². The van der Waals surface area contributed by atoms with Gasteiger partial charge in [-0.25, -0.2) is 0 Å². The van der Waals surface area contributed by atoms with E-state index in [2.05, 4.69) is 10.3 Å². The Kier molecular flexibility index (Phi) is 4.19. The van der Waals surface area contributed by atoms with Crippen molar-refractivity contribution in [2.24, 2.45) is 0 Å². The molecule has 4 N–H and O–H groups in total. The van der Waals surface area contributed by atoms with Crippen molar-refractivity contribution in [3.05, 3.63) is 30.1 Å². The molecule has 1 aromatic heterocycles. The molecule has 0 amide bonds. The lowest BCUT2D eigenvalue weighted by atomic mass is 10.1. The number of anilines is 2. The number of fused-ring (bicyclic) bond motifs is 1. The number of aryl methyl sites for hydroxylation is 1. The van der Waals surface area contributed by atoms with E-state index in [4.69, 9.17) is 10.5 Å². The molecule has 0 spiro atoms. The number of pyridine rings is 1. The highest BCUT2D eigenvalue weighted by atomic mass is 16.5. The molecule has 0 saturated heterocycles. The van der Waals surface area contributed by atoms with Crippen molar-refractivity contribution in [3.63, 3.8) is 0 Å². The predicted molar refractivity (Wildman–Crippen MR) is 77.3 cm³/mol. The van der Waals surface area contributed by atoms with Gasteiger partial charge in [0.15, 0.2) is 0 Å². The number of hydrogen-bond donors (Lipinski definition) is 3. The summed E-state index contributed by atoms with van der Waals surface area (Å²) < 4.78 is 5.07. The minimum atomic E-state index is -0.148. The molecular weight excluding hydrogens is 242 g/mol. The fraction of sp³-hybridized carbons (Fsp3) is 0.357. The van der Waals surface area contributed by atoms with Gasteiger partial charge in [0.2, 0.25) is 0 Å². The normalized spacial score (nSPS) is 12.6. The van der Waals surface area contributed by atoms with Gasteiger partial charge < -0.3 is 20.9 Å². The van der Waals surface area contributed by atoms with Gasteiger partial charge in [0, 0.05) is 41.1 Å². The average molecular weight is 261 g/mol. The number of nitrogens with zero attached hydrogens (tertiary/aromatic N) is 1. The molecule has 0 aliphatic heterocycles. The Morgan fingerprint density at radius 3 is 2.89 bits per heavy atom.